The average Bonchev–Trinajstić information content (AvgIpc) is 2.25. The zero-order valence-electron chi connectivity index (χ0n) is 10.8. The van der Waals surface area contributed by atoms with Crippen molar-refractivity contribution in [2.45, 2.75) is 44.9 Å². The summed E-state index contributed by atoms with van der Waals surface area (Å²) in [6.07, 6.45) is 3.53. The minimum atomic E-state index is 0.141. The minimum Gasteiger partial charge on any atom is -0.395 e. The van der Waals surface area contributed by atoms with Gasteiger partial charge in [0.2, 0.25) is 0 Å². The van der Waals surface area contributed by atoms with Gasteiger partial charge in [-0.2, -0.15) is 17.0 Å². The summed E-state index contributed by atoms with van der Waals surface area (Å²) in [5, 5.41) is 21.4. The van der Waals surface area contributed by atoms with Crippen LogP contribution in [0.1, 0.15) is 33.6 Å². The van der Waals surface area contributed by atoms with Crippen LogP contribution < -0.4 is 5.32 Å². The molecular weight excluding hydrogens is 220 g/mol. The molecule has 4 heteroatoms. The Morgan fingerprint density at radius 2 is 2.12 bits per heavy atom. The molecule has 0 bridgehead atoms. The van der Waals surface area contributed by atoms with E-state index in [2.05, 4.69) is 32.2 Å². The first-order chi connectivity index (χ1) is 7.46. The summed E-state index contributed by atoms with van der Waals surface area (Å²) in [6.45, 7) is 7.51. The van der Waals surface area contributed by atoms with E-state index in [0.717, 1.165) is 13.0 Å². The van der Waals surface area contributed by atoms with E-state index in [1.807, 2.05) is 6.26 Å². The maximum absolute atomic E-state index is 9.16. The molecule has 0 spiro atoms. The zero-order valence-corrected chi connectivity index (χ0v) is 11.6. The van der Waals surface area contributed by atoms with E-state index in [4.69, 9.17) is 10.4 Å². The second kappa shape index (κ2) is 7.94. The van der Waals surface area contributed by atoms with Crippen LogP contribution in [0.15, 0.2) is 0 Å². The molecule has 0 aromatic carbocycles. The predicted molar refractivity (Wildman–Crippen MR) is 70.5 cm³/mol. The maximum Gasteiger partial charge on any atom is 0.0621 e. The first-order valence-electron chi connectivity index (χ1n) is 5.71. The molecule has 0 fully saturated rings. The predicted octanol–water partition coefficient (Wildman–Crippen LogP) is 2.02. The first kappa shape index (κ1) is 15.8. The summed E-state index contributed by atoms with van der Waals surface area (Å²) >= 11 is 1.68. The summed E-state index contributed by atoms with van der Waals surface area (Å²) in [5.41, 5.74) is 0.141. The van der Waals surface area contributed by atoms with Crippen molar-refractivity contribution in [2.24, 2.45) is 5.41 Å². The van der Waals surface area contributed by atoms with Crippen LogP contribution in [0.25, 0.3) is 0 Å². The van der Waals surface area contributed by atoms with Crippen molar-refractivity contribution >= 4 is 11.8 Å². The van der Waals surface area contributed by atoms with Gasteiger partial charge in [-0.3, -0.25) is 0 Å². The van der Waals surface area contributed by atoms with E-state index in [9.17, 15) is 0 Å². The fourth-order valence-electron chi connectivity index (χ4n) is 1.49. The maximum atomic E-state index is 9.16. The fourth-order valence-corrected chi connectivity index (χ4v) is 2.14. The SMILES string of the molecule is CSC(CO)C(C)NCC(C)(C)CCC#N. The van der Waals surface area contributed by atoms with E-state index in [1.54, 1.807) is 11.8 Å². The topological polar surface area (TPSA) is 56.0 Å². The van der Waals surface area contributed by atoms with Crippen LogP contribution in [-0.4, -0.2) is 35.8 Å². The van der Waals surface area contributed by atoms with Gasteiger partial charge in [-0.15, -0.1) is 0 Å². The van der Waals surface area contributed by atoms with Crippen LogP contribution in [0.4, 0.5) is 0 Å². The molecule has 0 aliphatic carbocycles. The Bertz CT molecular complexity index is 222. The van der Waals surface area contributed by atoms with Crippen LogP contribution in [0.5, 0.6) is 0 Å². The number of aliphatic hydroxyl groups excluding tert-OH is 1. The highest BCUT2D eigenvalue weighted by Crippen LogP contribution is 2.21. The lowest BCUT2D eigenvalue weighted by molar-refractivity contribution is 0.257. The molecule has 0 aromatic heterocycles. The number of nitriles is 1. The Morgan fingerprint density at radius 3 is 2.56 bits per heavy atom. The number of thioether (sulfide) groups is 1. The monoisotopic (exact) mass is 244 g/mol. The van der Waals surface area contributed by atoms with Gasteiger partial charge >= 0.3 is 0 Å². The second-order valence-electron chi connectivity index (χ2n) is 4.95. The molecule has 3 nitrogen and oxygen atoms in total. The van der Waals surface area contributed by atoms with E-state index in [1.165, 1.54) is 0 Å². The van der Waals surface area contributed by atoms with Crippen LogP contribution >= 0.6 is 11.8 Å². The van der Waals surface area contributed by atoms with E-state index >= 15 is 0 Å². The molecule has 0 aromatic rings. The molecule has 0 aliphatic heterocycles. The summed E-state index contributed by atoms with van der Waals surface area (Å²) < 4.78 is 0. The van der Waals surface area contributed by atoms with Crippen LogP contribution in [0, 0.1) is 16.7 Å². The molecule has 2 N–H and O–H groups in total. The van der Waals surface area contributed by atoms with Crippen molar-refractivity contribution in [1.82, 2.24) is 5.32 Å². The Kier molecular flexibility index (Phi) is 7.82. The molecular formula is C12H24N2OS. The Balaban J connectivity index is 3.98. The van der Waals surface area contributed by atoms with Crippen molar-refractivity contribution in [1.29, 1.82) is 5.26 Å². The highest BCUT2D eigenvalue weighted by atomic mass is 32.2. The molecule has 16 heavy (non-hydrogen) atoms. The normalized spacial score (nSPS) is 15.5. The van der Waals surface area contributed by atoms with Crippen molar-refractivity contribution in [3.05, 3.63) is 0 Å². The van der Waals surface area contributed by atoms with Gasteiger partial charge in [0.15, 0.2) is 0 Å². The average molecular weight is 244 g/mol. The lowest BCUT2D eigenvalue weighted by Gasteiger charge is -2.29. The van der Waals surface area contributed by atoms with Gasteiger partial charge in [-0.05, 0) is 25.0 Å². The fraction of sp³-hybridized carbons (Fsp3) is 0.917. The van der Waals surface area contributed by atoms with E-state index in [-0.39, 0.29) is 17.3 Å². The van der Waals surface area contributed by atoms with Crippen molar-refractivity contribution in [2.75, 3.05) is 19.4 Å². The standard InChI is InChI=1S/C12H24N2OS/c1-10(11(8-15)16-4)14-9-12(2,3)6-5-7-13/h10-11,14-15H,5-6,8-9H2,1-4H3. The zero-order chi connectivity index (χ0) is 12.6. The van der Waals surface area contributed by atoms with Crippen molar-refractivity contribution in [3.8, 4) is 6.07 Å². The first-order valence-corrected chi connectivity index (χ1v) is 6.99. The summed E-state index contributed by atoms with van der Waals surface area (Å²) in [6, 6.07) is 2.48. The third-order valence-corrected chi connectivity index (χ3v) is 4.02. The van der Waals surface area contributed by atoms with Crippen molar-refractivity contribution < 1.29 is 5.11 Å². The Morgan fingerprint density at radius 1 is 1.50 bits per heavy atom. The van der Waals surface area contributed by atoms with Crippen LogP contribution in [0.3, 0.4) is 0 Å². The smallest absolute Gasteiger partial charge is 0.0621 e. The highest BCUT2D eigenvalue weighted by molar-refractivity contribution is 7.99. The second-order valence-corrected chi connectivity index (χ2v) is 6.03. The van der Waals surface area contributed by atoms with Gasteiger partial charge in [-0.1, -0.05) is 13.8 Å². The molecule has 0 aliphatic rings. The molecule has 2 unspecified atom stereocenters. The number of aliphatic hydroxyl groups is 1. The van der Waals surface area contributed by atoms with Gasteiger partial charge in [0.05, 0.1) is 12.7 Å². The molecule has 94 valence electrons. The van der Waals surface area contributed by atoms with Crippen molar-refractivity contribution in [3.63, 3.8) is 0 Å². The molecule has 0 heterocycles. The quantitative estimate of drug-likeness (QED) is 0.686. The number of rotatable bonds is 8. The van der Waals surface area contributed by atoms with E-state index in [0.29, 0.717) is 12.5 Å². The Labute approximate surface area is 104 Å². The highest BCUT2D eigenvalue weighted by Gasteiger charge is 2.21. The van der Waals surface area contributed by atoms with Gasteiger partial charge < -0.3 is 10.4 Å². The van der Waals surface area contributed by atoms with Crippen LogP contribution in [-0.2, 0) is 0 Å². The molecule has 0 saturated heterocycles. The van der Waals surface area contributed by atoms with Gasteiger partial charge in [0, 0.05) is 24.3 Å². The number of hydrogen-bond acceptors (Lipinski definition) is 4. The molecule has 0 rings (SSSR count). The lowest BCUT2D eigenvalue weighted by Crippen LogP contribution is -2.42. The third-order valence-electron chi connectivity index (χ3n) is 2.86. The molecule has 0 amide bonds. The molecule has 2 atom stereocenters. The Hall–Kier alpha value is -0.240. The van der Waals surface area contributed by atoms with Gasteiger partial charge in [-0.25, -0.2) is 0 Å². The third kappa shape index (κ3) is 6.37. The number of nitrogens with zero attached hydrogens (tertiary/aromatic N) is 1. The summed E-state index contributed by atoms with van der Waals surface area (Å²) in [5.74, 6) is 0. The lowest BCUT2D eigenvalue weighted by atomic mass is 9.88. The molecule has 0 radical (unpaired) electrons. The van der Waals surface area contributed by atoms with E-state index < -0.39 is 0 Å². The largest absolute Gasteiger partial charge is 0.395 e. The number of nitrogens with one attached hydrogen (secondary N) is 1. The summed E-state index contributed by atoms with van der Waals surface area (Å²) in [4.78, 5) is 0. The van der Waals surface area contributed by atoms with Gasteiger partial charge in [0.25, 0.3) is 0 Å². The molecule has 0 saturated carbocycles. The van der Waals surface area contributed by atoms with Gasteiger partial charge in [0.1, 0.15) is 0 Å². The minimum absolute atomic E-state index is 0.141. The number of hydrogen-bond donors (Lipinski definition) is 2. The summed E-state index contributed by atoms with van der Waals surface area (Å²) in [7, 11) is 0. The van der Waals surface area contributed by atoms with Crippen LogP contribution in [0.2, 0.25) is 0 Å².